The first kappa shape index (κ1) is 16.8. The van der Waals surface area contributed by atoms with Gasteiger partial charge in [-0.1, -0.05) is 35.9 Å². The molecule has 0 aromatic heterocycles. The van der Waals surface area contributed by atoms with Crippen molar-refractivity contribution in [1.82, 2.24) is 0 Å². The van der Waals surface area contributed by atoms with Gasteiger partial charge in [-0.3, -0.25) is 0 Å². The third-order valence-electron chi connectivity index (χ3n) is 3.37. The summed E-state index contributed by atoms with van der Waals surface area (Å²) < 4.78 is 30.1. The van der Waals surface area contributed by atoms with E-state index in [1.54, 1.807) is 55.6 Å². The van der Waals surface area contributed by atoms with Crippen LogP contribution >= 0.6 is 11.6 Å². The summed E-state index contributed by atoms with van der Waals surface area (Å²) in [6, 6.07) is 13.3. The number of aliphatic hydroxyl groups excluding tert-OH is 1. The van der Waals surface area contributed by atoms with Crippen LogP contribution in [0.3, 0.4) is 0 Å². The number of sulfone groups is 1. The molecule has 1 atom stereocenters. The second-order valence-electron chi connectivity index (χ2n) is 4.88. The molecular formula is C16H17ClO4S. The lowest BCUT2D eigenvalue weighted by atomic mass is 10.1. The molecule has 118 valence electrons. The van der Waals surface area contributed by atoms with Gasteiger partial charge in [0.2, 0.25) is 0 Å². The molecule has 2 aromatic carbocycles. The fraction of sp³-hybridized carbons (Fsp3) is 0.250. The largest absolute Gasteiger partial charge is 0.497 e. The quantitative estimate of drug-likeness (QED) is 0.878. The molecule has 0 aliphatic carbocycles. The Morgan fingerprint density at radius 1 is 1.09 bits per heavy atom. The standard InChI is InChI=1S/C16H17ClO4S/c1-21-15-8-2-12(3-9-15)11-22(19,20)16(10-18)13-4-6-14(17)7-5-13/h2-9,16,18H,10-11H2,1H3. The van der Waals surface area contributed by atoms with Gasteiger partial charge in [0.25, 0.3) is 0 Å². The van der Waals surface area contributed by atoms with Crippen molar-refractivity contribution in [3.05, 3.63) is 64.7 Å². The van der Waals surface area contributed by atoms with E-state index in [4.69, 9.17) is 16.3 Å². The molecular weight excluding hydrogens is 324 g/mol. The van der Waals surface area contributed by atoms with Gasteiger partial charge >= 0.3 is 0 Å². The van der Waals surface area contributed by atoms with Crippen molar-refractivity contribution in [3.63, 3.8) is 0 Å². The second kappa shape index (κ2) is 7.13. The summed E-state index contributed by atoms with van der Waals surface area (Å²) >= 11 is 5.81. The summed E-state index contributed by atoms with van der Waals surface area (Å²) in [4.78, 5) is 0. The van der Waals surface area contributed by atoms with Crippen molar-refractivity contribution in [2.45, 2.75) is 11.0 Å². The minimum Gasteiger partial charge on any atom is -0.497 e. The van der Waals surface area contributed by atoms with Crippen LogP contribution in [0.4, 0.5) is 0 Å². The number of ether oxygens (including phenoxy) is 1. The zero-order chi connectivity index (χ0) is 16.2. The second-order valence-corrected chi connectivity index (χ2v) is 7.50. The number of hydrogen-bond acceptors (Lipinski definition) is 4. The van der Waals surface area contributed by atoms with E-state index < -0.39 is 21.7 Å². The van der Waals surface area contributed by atoms with Crippen LogP contribution in [-0.4, -0.2) is 27.2 Å². The molecule has 0 fully saturated rings. The maximum absolute atomic E-state index is 12.5. The molecule has 0 bridgehead atoms. The predicted molar refractivity (Wildman–Crippen MR) is 86.9 cm³/mol. The van der Waals surface area contributed by atoms with E-state index in [0.29, 0.717) is 21.9 Å². The van der Waals surface area contributed by atoms with Crippen LogP contribution in [0.2, 0.25) is 5.02 Å². The van der Waals surface area contributed by atoms with Crippen molar-refractivity contribution in [1.29, 1.82) is 0 Å². The predicted octanol–water partition coefficient (Wildman–Crippen LogP) is 3.00. The first-order valence-corrected chi connectivity index (χ1v) is 8.76. The molecule has 0 heterocycles. The number of benzene rings is 2. The van der Waals surface area contributed by atoms with E-state index in [1.165, 1.54) is 0 Å². The van der Waals surface area contributed by atoms with Crippen LogP contribution in [0.5, 0.6) is 5.75 Å². The number of aliphatic hydroxyl groups is 1. The Bertz CT molecular complexity index is 709. The lowest BCUT2D eigenvalue weighted by molar-refractivity contribution is 0.291. The summed E-state index contributed by atoms with van der Waals surface area (Å²) in [5, 5.41) is 9.07. The Kier molecular flexibility index (Phi) is 5.45. The lowest BCUT2D eigenvalue weighted by Gasteiger charge is -2.16. The number of rotatable bonds is 6. The van der Waals surface area contributed by atoms with E-state index in [9.17, 15) is 13.5 Å². The molecule has 4 nitrogen and oxygen atoms in total. The molecule has 2 rings (SSSR count). The molecule has 0 saturated heterocycles. The van der Waals surface area contributed by atoms with Gasteiger partial charge in [-0.05, 0) is 35.4 Å². The highest BCUT2D eigenvalue weighted by molar-refractivity contribution is 7.90. The highest BCUT2D eigenvalue weighted by atomic mass is 35.5. The van der Waals surface area contributed by atoms with Crippen LogP contribution in [0.25, 0.3) is 0 Å². The Hall–Kier alpha value is -1.56. The zero-order valence-corrected chi connectivity index (χ0v) is 13.6. The van der Waals surface area contributed by atoms with E-state index in [1.807, 2.05) is 0 Å². The van der Waals surface area contributed by atoms with Crippen LogP contribution in [0.15, 0.2) is 48.5 Å². The fourth-order valence-electron chi connectivity index (χ4n) is 2.16. The molecule has 1 N–H and O–H groups in total. The van der Waals surface area contributed by atoms with Gasteiger partial charge in [0.15, 0.2) is 9.84 Å². The number of hydrogen-bond donors (Lipinski definition) is 1. The van der Waals surface area contributed by atoms with E-state index in [-0.39, 0.29) is 5.75 Å². The molecule has 0 saturated carbocycles. The van der Waals surface area contributed by atoms with Crippen molar-refractivity contribution in [2.75, 3.05) is 13.7 Å². The van der Waals surface area contributed by atoms with Gasteiger partial charge in [-0.25, -0.2) is 8.42 Å². The minimum atomic E-state index is -3.54. The third-order valence-corrected chi connectivity index (χ3v) is 5.64. The fourth-order valence-corrected chi connectivity index (χ4v) is 3.94. The maximum Gasteiger partial charge on any atom is 0.163 e. The highest BCUT2D eigenvalue weighted by Crippen LogP contribution is 2.27. The topological polar surface area (TPSA) is 63.6 Å². The Morgan fingerprint density at radius 3 is 2.18 bits per heavy atom. The zero-order valence-electron chi connectivity index (χ0n) is 12.1. The Labute approximate surface area is 135 Å². The summed E-state index contributed by atoms with van der Waals surface area (Å²) in [6.07, 6.45) is 0. The maximum atomic E-state index is 12.5. The Morgan fingerprint density at radius 2 is 1.68 bits per heavy atom. The van der Waals surface area contributed by atoms with Gasteiger partial charge in [0.1, 0.15) is 11.0 Å². The molecule has 0 aliphatic heterocycles. The first-order valence-electron chi connectivity index (χ1n) is 6.67. The minimum absolute atomic E-state index is 0.148. The van der Waals surface area contributed by atoms with Gasteiger partial charge < -0.3 is 9.84 Å². The van der Waals surface area contributed by atoms with Crippen LogP contribution in [-0.2, 0) is 15.6 Å². The van der Waals surface area contributed by atoms with Crippen molar-refractivity contribution < 1.29 is 18.3 Å². The highest BCUT2D eigenvalue weighted by Gasteiger charge is 2.26. The summed E-state index contributed by atoms with van der Waals surface area (Å²) in [6.45, 7) is -0.472. The average molecular weight is 341 g/mol. The third kappa shape index (κ3) is 4.00. The normalized spacial score (nSPS) is 12.9. The summed E-state index contributed by atoms with van der Waals surface area (Å²) in [5.74, 6) is 0.516. The monoisotopic (exact) mass is 340 g/mol. The van der Waals surface area contributed by atoms with Crippen molar-refractivity contribution >= 4 is 21.4 Å². The van der Waals surface area contributed by atoms with Gasteiger partial charge in [0, 0.05) is 5.02 Å². The molecule has 0 aliphatic rings. The molecule has 22 heavy (non-hydrogen) atoms. The summed E-state index contributed by atoms with van der Waals surface area (Å²) in [7, 11) is -2.00. The molecule has 0 amide bonds. The van der Waals surface area contributed by atoms with Gasteiger partial charge in [0.05, 0.1) is 19.5 Å². The number of methoxy groups -OCH3 is 1. The molecule has 0 spiro atoms. The number of halogens is 1. The van der Waals surface area contributed by atoms with Crippen LogP contribution in [0.1, 0.15) is 16.4 Å². The van der Waals surface area contributed by atoms with E-state index in [0.717, 1.165) is 0 Å². The Balaban J connectivity index is 2.24. The van der Waals surface area contributed by atoms with E-state index in [2.05, 4.69) is 0 Å². The average Bonchev–Trinajstić information content (AvgIpc) is 2.50. The van der Waals surface area contributed by atoms with Crippen LogP contribution in [0, 0.1) is 0 Å². The summed E-state index contributed by atoms with van der Waals surface area (Å²) in [5.41, 5.74) is 1.17. The van der Waals surface area contributed by atoms with Gasteiger partial charge in [-0.15, -0.1) is 0 Å². The van der Waals surface area contributed by atoms with E-state index >= 15 is 0 Å². The van der Waals surface area contributed by atoms with Crippen molar-refractivity contribution in [2.24, 2.45) is 0 Å². The van der Waals surface area contributed by atoms with Crippen LogP contribution < -0.4 is 4.74 Å². The SMILES string of the molecule is COc1ccc(CS(=O)(=O)C(CO)c2ccc(Cl)cc2)cc1. The molecule has 0 radical (unpaired) electrons. The smallest absolute Gasteiger partial charge is 0.163 e. The molecule has 2 aromatic rings. The molecule has 6 heteroatoms. The molecule has 1 unspecified atom stereocenters. The lowest BCUT2D eigenvalue weighted by Crippen LogP contribution is -2.19. The van der Waals surface area contributed by atoms with Crippen molar-refractivity contribution in [3.8, 4) is 5.75 Å². The first-order chi connectivity index (χ1) is 10.5. The van der Waals surface area contributed by atoms with Gasteiger partial charge in [-0.2, -0.15) is 0 Å².